The van der Waals surface area contributed by atoms with Gasteiger partial charge in [-0.25, -0.2) is 0 Å². The Balaban J connectivity index is 2.14. The summed E-state index contributed by atoms with van der Waals surface area (Å²) in [7, 11) is 0. The van der Waals surface area contributed by atoms with Crippen molar-refractivity contribution >= 4 is 28.4 Å². The number of halogens is 1. The number of hydrogen-bond acceptors (Lipinski definition) is 3. The van der Waals surface area contributed by atoms with E-state index in [2.05, 4.69) is 5.32 Å². The number of ether oxygens (including phenoxy) is 1. The fraction of sp³-hybridized carbons (Fsp3) is 0.579. The average Bonchev–Trinajstić information content (AvgIpc) is 2.49. The van der Waals surface area contributed by atoms with E-state index in [1.54, 1.807) is 0 Å². The van der Waals surface area contributed by atoms with E-state index < -0.39 is 0 Å². The van der Waals surface area contributed by atoms with E-state index in [9.17, 15) is 9.59 Å². The molecule has 0 atom stereocenters. The Kier molecular flexibility index (Phi) is 10.2. The van der Waals surface area contributed by atoms with Crippen LogP contribution in [0.15, 0.2) is 24.3 Å². The number of benzene rings is 1. The number of carbonyl (C=O) groups excluding carboxylic acids is 2. The number of anilines is 1. The molecule has 0 aliphatic rings. The Morgan fingerprint density at radius 3 is 2.29 bits per heavy atom. The number of nitrogens with one attached hydrogen (secondary N) is 1. The van der Waals surface area contributed by atoms with Crippen molar-refractivity contribution in [2.24, 2.45) is 0 Å². The second-order valence-electron chi connectivity index (χ2n) is 6.22. The first kappa shape index (κ1) is 20.5. The van der Waals surface area contributed by atoms with Gasteiger partial charge in [-0.3, -0.25) is 9.59 Å². The van der Waals surface area contributed by atoms with Crippen LogP contribution in [0.5, 0.6) is 5.75 Å². The maximum atomic E-state index is 12.0. The highest BCUT2D eigenvalue weighted by molar-refractivity contribution is 6.63. The summed E-state index contributed by atoms with van der Waals surface area (Å²) in [5.74, 6) is 0.794. The van der Waals surface area contributed by atoms with Gasteiger partial charge < -0.3 is 10.1 Å². The Labute approximate surface area is 149 Å². The summed E-state index contributed by atoms with van der Waals surface area (Å²) >= 11 is 5.28. The van der Waals surface area contributed by atoms with Gasteiger partial charge in [-0.1, -0.05) is 31.7 Å². The Bertz CT molecular complexity index is 517. The number of rotatable bonds is 12. The fourth-order valence-electron chi connectivity index (χ4n) is 2.40. The lowest BCUT2D eigenvalue weighted by Crippen LogP contribution is -2.11. The van der Waals surface area contributed by atoms with E-state index in [0.29, 0.717) is 12.8 Å². The predicted molar refractivity (Wildman–Crippen MR) is 98.6 cm³/mol. The van der Waals surface area contributed by atoms with Crippen LogP contribution in [0.1, 0.15) is 65.2 Å². The van der Waals surface area contributed by atoms with Crippen molar-refractivity contribution in [2.75, 3.05) is 5.32 Å². The molecule has 0 aliphatic heterocycles. The number of hydrogen-bond donors (Lipinski definition) is 1. The van der Waals surface area contributed by atoms with Crippen molar-refractivity contribution in [1.29, 1.82) is 0 Å². The molecule has 1 aromatic carbocycles. The van der Waals surface area contributed by atoms with Crippen molar-refractivity contribution in [1.82, 2.24) is 0 Å². The molecule has 0 radical (unpaired) electrons. The summed E-state index contributed by atoms with van der Waals surface area (Å²) in [6.07, 6.45) is 7.05. The quantitative estimate of drug-likeness (QED) is 0.410. The van der Waals surface area contributed by atoms with Crippen LogP contribution < -0.4 is 10.1 Å². The maximum absolute atomic E-state index is 12.0. The van der Waals surface area contributed by atoms with Gasteiger partial charge in [0.05, 0.1) is 6.10 Å². The molecule has 0 aliphatic carbocycles. The van der Waals surface area contributed by atoms with E-state index in [4.69, 9.17) is 16.3 Å². The fourth-order valence-corrected chi connectivity index (χ4v) is 2.53. The Morgan fingerprint density at radius 1 is 1.04 bits per heavy atom. The molecule has 0 saturated heterocycles. The number of unbranched alkanes of at least 4 members (excludes halogenated alkanes) is 5. The third-order valence-electron chi connectivity index (χ3n) is 3.52. The van der Waals surface area contributed by atoms with Crippen LogP contribution in [-0.2, 0) is 9.59 Å². The van der Waals surface area contributed by atoms with Gasteiger partial charge in [0.15, 0.2) is 0 Å². The summed E-state index contributed by atoms with van der Waals surface area (Å²) < 4.78 is 5.62. The second kappa shape index (κ2) is 11.9. The molecule has 24 heavy (non-hydrogen) atoms. The van der Waals surface area contributed by atoms with Gasteiger partial charge in [0.2, 0.25) is 11.1 Å². The van der Waals surface area contributed by atoms with E-state index in [0.717, 1.165) is 50.0 Å². The lowest BCUT2D eigenvalue weighted by atomic mass is 10.1. The molecule has 1 amide bonds. The van der Waals surface area contributed by atoms with E-state index >= 15 is 0 Å². The van der Waals surface area contributed by atoms with Gasteiger partial charge in [-0.2, -0.15) is 0 Å². The van der Waals surface area contributed by atoms with Gasteiger partial charge in [-0.15, -0.1) is 0 Å². The van der Waals surface area contributed by atoms with Crippen LogP contribution in [0, 0.1) is 0 Å². The minimum atomic E-state index is -0.255. The van der Waals surface area contributed by atoms with Crippen LogP contribution in [0.4, 0.5) is 5.69 Å². The van der Waals surface area contributed by atoms with Crippen LogP contribution in [-0.4, -0.2) is 17.3 Å². The molecule has 0 spiro atoms. The van der Waals surface area contributed by atoms with Crippen LogP contribution in [0.25, 0.3) is 0 Å². The number of amides is 1. The highest BCUT2D eigenvalue weighted by atomic mass is 35.5. The highest BCUT2D eigenvalue weighted by Gasteiger charge is 2.04. The molecule has 0 bridgehead atoms. The molecule has 0 heterocycles. The summed E-state index contributed by atoms with van der Waals surface area (Å²) in [6.45, 7) is 3.94. The minimum Gasteiger partial charge on any atom is -0.491 e. The van der Waals surface area contributed by atoms with Gasteiger partial charge in [0.25, 0.3) is 0 Å². The van der Waals surface area contributed by atoms with Crippen LogP contribution in [0.3, 0.4) is 0 Å². The summed E-state index contributed by atoms with van der Waals surface area (Å²) in [6, 6.07) is 7.46. The first-order valence-electron chi connectivity index (χ1n) is 8.72. The Hall–Kier alpha value is -1.55. The zero-order valence-corrected chi connectivity index (χ0v) is 15.4. The monoisotopic (exact) mass is 353 g/mol. The van der Waals surface area contributed by atoms with Gasteiger partial charge in [0, 0.05) is 24.6 Å². The van der Waals surface area contributed by atoms with Gasteiger partial charge >= 0.3 is 0 Å². The van der Waals surface area contributed by atoms with Gasteiger partial charge in [0.1, 0.15) is 5.75 Å². The Morgan fingerprint density at radius 2 is 1.67 bits per heavy atom. The summed E-state index contributed by atoms with van der Waals surface area (Å²) in [5, 5.41) is 2.65. The van der Waals surface area contributed by atoms with Crippen molar-refractivity contribution in [3.63, 3.8) is 0 Å². The molecular formula is C19H28ClNO3. The predicted octanol–water partition coefficient (Wildman–Crippen LogP) is 5.30. The largest absolute Gasteiger partial charge is 0.491 e. The second-order valence-corrected chi connectivity index (χ2v) is 6.64. The van der Waals surface area contributed by atoms with Crippen molar-refractivity contribution < 1.29 is 14.3 Å². The molecule has 1 N–H and O–H groups in total. The first-order chi connectivity index (χ1) is 11.5. The summed E-state index contributed by atoms with van der Waals surface area (Å²) in [5.41, 5.74) is 0.767. The lowest BCUT2D eigenvalue weighted by molar-refractivity contribution is -0.116. The zero-order valence-electron chi connectivity index (χ0n) is 14.6. The molecule has 4 nitrogen and oxygen atoms in total. The van der Waals surface area contributed by atoms with E-state index in [1.165, 1.54) is 0 Å². The van der Waals surface area contributed by atoms with Crippen LogP contribution in [0.2, 0.25) is 0 Å². The van der Waals surface area contributed by atoms with Crippen LogP contribution >= 0.6 is 11.6 Å². The lowest BCUT2D eigenvalue weighted by Gasteiger charge is -2.11. The van der Waals surface area contributed by atoms with Crippen molar-refractivity contribution in [3.8, 4) is 5.75 Å². The zero-order chi connectivity index (χ0) is 17.8. The van der Waals surface area contributed by atoms with E-state index in [-0.39, 0.29) is 17.3 Å². The van der Waals surface area contributed by atoms with Gasteiger partial charge in [-0.05, 0) is 50.4 Å². The molecule has 1 rings (SSSR count). The topological polar surface area (TPSA) is 55.4 Å². The molecule has 5 heteroatoms. The average molecular weight is 354 g/mol. The molecule has 1 aromatic rings. The molecule has 0 saturated carbocycles. The smallest absolute Gasteiger partial charge is 0.224 e. The maximum Gasteiger partial charge on any atom is 0.224 e. The third kappa shape index (κ3) is 10.3. The van der Waals surface area contributed by atoms with Crippen molar-refractivity contribution in [3.05, 3.63) is 24.3 Å². The highest BCUT2D eigenvalue weighted by Crippen LogP contribution is 2.19. The molecular weight excluding hydrogens is 326 g/mol. The first-order valence-corrected chi connectivity index (χ1v) is 9.10. The SMILES string of the molecule is CC(C)Oc1cccc(NC(=O)CCCCCCCCC(=O)Cl)c1. The molecule has 0 fully saturated rings. The molecule has 134 valence electrons. The van der Waals surface area contributed by atoms with E-state index in [1.807, 2.05) is 38.1 Å². The summed E-state index contributed by atoms with van der Waals surface area (Å²) in [4.78, 5) is 22.5. The number of carbonyl (C=O) groups is 2. The normalized spacial score (nSPS) is 10.7. The minimum absolute atomic E-state index is 0.0319. The molecule has 0 unspecified atom stereocenters. The standard InChI is InChI=1S/C19H28ClNO3/c1-15(2)24-17-11-9-10-16(14-17)21-19(23)13-8-6-4-3-5-7-12-18(20)22/h9-11,14-15H,3-8,12-13H2,1-2H3,(H,21,23). The molecule has 0 aromatic heterocycles. The van der Waals surface area contributed by atoms with Crippen molar-refractivity contribution in [2.45, 2.75) is 71.3 Å². The third-order valence-corrected chi connectivity index (χ3v) is 3.71.